The summed E-state index contributed by atoms with van der Waals surface area (Å²) in [4.78, 5) is 1.26. The first-order valence-corrected chi connectivity index (χ1v) is 8.07. The van der Waals surface area contributed by atoms with Crippen LogP contribution in [0.15, 0.2) is 18.2 Å². The first-order valence-electron chi connectivity index (χ1n) is 6.92. The van der Waals surface area contributed by atoms with Crippen LogP contribution in [0.3, 0.4) is 0 Å². The first-order chi connectivity index (χ1) is 9.66. The van der Waals surface area contributed by atoms with E-state index in [0.29, 0.717) is 16.5 Å². The summed E-state index contributed by atoms with van der Waals surface area (Å²) in [6.07, 6.45) is 4.22. The van der Waals surface area contributed by atoms with Gasteiger partial charge in [0.1, 0.15) is 5.82 Å². The van der Waals surface area contributed by atoms with Crippen molar-refractivity contribution >= 4 is 23.1 Å². The molecule has 1 fully saturated rings. The smallest absolute Gasteiger partial charge is 0.128 e. The van der Waals surface area contributed by atoms with E-state index in [1.807, 2.05) is 6.92 Å². The van der Waals surface area contributed by atoms with Gasteiger partial charge in [-0.25, -0.2) is 4.39 Å². The van der Waals surface area contributed by atoms with Gasteiger partial charge in [-0.1, -0.05) is 29.1 Å². The van der Waals surface area contributed by atoms with E-state index in [1.165, 1.54) is 41.0 Å². The topological polar surface area (TPSA) is 25.8 Å². The van der Waals surface area contributed by atoms with Crippen LogP contribution in [0, 0.1) is 5.82 Å². The van der Waals surface area contributed by atoms with Crippen molar-refractivity contribution in [3.05, 3.63) is 45.2 Å². The minimum absolute atomic E-state index is 0.0952. The zero-order valence-electron chi connectivity index (χ0n) is 11.3. The lowest BCUT2D eigenvalue weighted by molar-refractivity contribution is 0.574. The van der Waals surface area contributed by atoms with Gasteiger partial charge >= 0.3 is 0 Å². The highest BCUT2D eigenvalue weighted by Gasteiger charge is 2.29. The van der Waals surface area contributed by atoms with Crippen LogP contribution in [0.5, 0.6) is 0 Å². The molecule has 0 unspecified atom stereocenters. The quantitative estimate of drug-likeness (QED) is 0.781. The number of benzene rings is 1. The Balaban J connectivity index is 1.70. The van der Waals surface area contributed by atoms with Crippen LogP contribution in [0.2, 0.25) is 5.02 Å². The maximum atomic E-state index is 13.9. The summed E-state index contributed by atoms with van der Waals surface area (Å²) in [7, 11) is 0. The zero-order chi connectivity index (χ0) is 14.1. The van der Waals surface area contributed by atoms with Crippen molar-refractivity contribution in [2.45, 2.75) is 44.4 Å². The molecule has 1 saturated carbocycles. The fourth-order valence-corrected chi connectivity index (χ4v) is 3.62. The maximum absolute atomic E-state index is 13.9. The van der Waals surface area contributed by atoms with Gasteiger partial charge in [0.2, 0.25) is 0 Å². The van der Waals surface area contributed by atoms with Gasteiger partial charge in [-0.3, -0.25) is 0 Å². The second-order valence-electron chi connectivity index (χ2n) is 5.43. The number of rotatable bonds is 5. The Hall–Kier alpha value is -1.00. The highest BCUT2D eigenvalue weighted by molar-refractivity contribution is 7.05. The lowest BCUT2D eigenvalue weighted by Gasteiger charge is -2.14. The van der Waals surface area contributed by atoms with Crippen LogP contribution in [0.1, 0.15) is 54.2 Å². The molecule has 1 heterocycles. The Kier molecular flexibility index (Phi) is 4.03. The molecule has 20 heavy (non-hydrogen) atoms. The maximum Gasteiger partial charge on any atom is 0.128 e. The molecule has 1 aromatic carbocycles. The summed E-state index contributed by atoms with van der Waals surface area (Å²) >= 11 is 7.59. The summed E-state index contributed by atoms with van der Waals surface area (Å²) < 4.78 is 17.9. The van der Waals surface area contributed by atoms with Gasteiger partial charge < -0.3 is 0 Å². The molecule has 106 valence electrons. The third kappa shape index (κ3) is 2.86. The molecule has 1 aliphatic rings. The molecule has 1 aliphatic carbocycles. The van der Waals surface area contributed by atoms with E-state index in [1.54, 1.807) is 12.1 Å². The van der Waals surface area contributed by atoms with Crippen LogP contribution in [0.25, 0.3) is 0 Å². The highest BCUT2D eigenvalue weighted by Crippen LogP contribution is 2.42. The predicted molar refractivity (Wildman–Crippen MR) is 80.0 cm³/mol. The van der Waals surface area contributed by atoms with Crippen molar-refractivity contribution in [1.82, 2.24) is 9.59 Å². The normalized spacial score (nSPS) is 16.4. The van der Waals surface area contributed by atoms with E-state index < -0.39 is 0 Å². The van der Waals surface area contributed by atoms with E-state index in [9.17, 15) is 4.39 Å². The molecule has 3 rings (SSSR count). The fraction of sp³-hybridized carbons (Fsp3) is 0.467. The van der Waals surface area contributed by atoms with Gasteiger partial charge in [0, 0.05) is 21.4 Å². The van der Waals surface area contributed by atoms with Crippen LogP contribution >= 0.6 is 23.1 Å². The zero-order valence-corrected chi connectivity index (χ0v) is 12.8. The molecule has 0 aliphatic heterocycles. The van der Waals surface area contributed by atoms with Gasteiger partial charge in [-0.05, 0) is 55.3 Å². The predicted octanol–water partition coefficient (Wildman–Crippen LogP) is 4.94. The fourth-order valence-electron chi connectivity index (χ4n) is 2.53. The Bertz CT molecular complexity index is 589. The van der Waals surface area contributed by atoms with Crippen LogP contribution in [0.4, 0.5) is 4.39 Å². The van der Waals surface area contributed by atoms with Crippen LogP contribution in [-0.2, 0) is 6.42 Å². The summed E-state index contributed by atoms with van der Waals surface area (Å²) in [6, 6.07) is 4.87. The van der Waals surface area contributed by atoms with Crippen molar-refractivity contribution in [3.63, 3.8) is 0 Å². The standard InChI is InChI=1S/C15H16ClFN2S/c1-9(14-11(16)3-2-4-12(14)17)5-8-13-15(10-6-7-10)18-19-20-13/h2-4,9-10H,5-8H2,1H3/t9-/m0/s1. The molecule has 0 radical (unpaired) electrons. The molecule has 2 nitrogen and oxygen atoms in total. The van der Waals surface area contributed by atoms with Crippen molar-refractivity contribution in [3.8, 4) is 0 Å². The van der Waals surface area contributed by atoms with Gasteiger partial charge in [0.05, 0.1) is 5.69 Å². The Morgan fingerprint density at radius 2 is 2.25 bits per heavy atom. The lowest BCUT2D eigenvalue weighted by atomic mass is 9.95. The minimum Gasteiger partial charge on any atom is -0.207 e. The molecular formula is C15H16ClFN2S. The highest BCUT2D eigenvalue weighted by atomic mass is 35.5. The average Bonchev–Trinajstić information content (AvgIpc) is 3.15. The SMILES string of the molecule is C[C@@H](CCc1snnc1C1CC1)c1c(F)cccc1Cl. The second-order valence-corrected chi connectivity index (χ2v) is 6.68. The Morgan fingerprint density at radius 1 is 1.45 bits per heavy atom. The largest absolute Gasteiger partial charge is 0.207 e. The Labute approximate surface area is 127 Å². The van der Waals surface area contributed by atoms with Gasteiger partial charge in [0.25, 0.3) is 0 Å². The van der Waals surface area contributed by atoms with E-state index >= 15 is 0 Å². The minimum atomic E-state index is -0.213. The van der Waals surface area contributed by atoms with Crippen molar-refractivity contribution < 1.29 is 4.39 Å². The van der Waals surface area contributed by atoms with Crippen molar-refractivity contribution in [1.29, 1.82) is 0 Å². The van der Waals surface area contributed by atoms with E-state index in [4.69, 9.17) is 11.6 Å². The molecular weight excluding hydrogens is 295 g/mol. The molecule has 0 saturated heterocycles. The number of nitrogens with zero attached hydrogens (tertiary/aromatic N) is 2. The van der Waals surface area contributed by atoms with Gasteiger partial charge in [-0.2, -0.15) is 0 Å². The monoisotopic (exact) mass is 310 g/mol. The summed E-state index contributed by atoms with van der Waals surface area (Å²) in [6.45, 7) is 2.02. The molecule has 0 spiro atoms. The number of halogens is 2. The molecule has 0 amide bonds. The van der Waals surface area contributed by atoms with Crippen molar-refractivity contribution in [2.75, 3.05) is 0 Å². The molecule has 0 bridgehead atoms. The molecule has 5 heteroatoms. The Morgan fingerprint density at radius 3 is 2.95 bits per heavy atom. The van der Waals surface area contributed by atoms with E-state index in [2.05, 4.69) is 9.59 Å². The number of aromatic nitrogens is 2. The summed E-state index contributed by atoms with van der Waals surface area (Å²) in [5.41, 5.74) is 1.79. The second kappa shape index (κ2) is 5.78. The third-order valence-corrected chi connectivity index (χ3v) is 4.97. The van der Waals surface area contributed by atoms with E-state index in [0.717, 1.165) is 12.8 Å². The third-order valence-electron chi connectivity index (χ3n) is 3.85. The molecule has 1 aromatic heterocycles. The summed E-state index contributed by atoms with van der Waals surface area (Å²) in [5, 5.41) is 4.75. The molecule has 2 aromatic rings. The van der Waals surface area contributed by atoms with Gasteiger partial charge in [-0.15, -0.1) is 5.10 Å². The molecule has 0 N–H and O–H groups in total. The lowest BCUT2D eigenvalue weighted by Crippen LogP contribution is -2.01. The average molecular weight is 311 g/mol. The van der Waals surface area contributed by atoms with Crippen LogP contribution in [-0.4, -0.2) is 9.59 Å². The van der Waals surface area contributed by atoms with Gasteiger partial charge in [0.15, 0.2) is 0 Å². The van der Waals surface area contributed by atoms with E-state index in [-0.39, 0.29) is 11.7 Å². The summed E-state index contributed by atoms with van der Waals surface area (Å²) in [5.74, 6) is 0.504. The van der Waals surface area contributed by atoms with Crippen molar-refractivity contribution in [2.24, 2.45) is 0 Å². The molecule has 1 atom stereocenters. The van der Waals surface area contributed by atoms with Crippen LogP contribution < -0.4 is 0 Å². The number of hydrogen-bond acceptors (Lipinski definition) is 3. The number of hydrogen-bond donors (Lipinski definition) is 0. The number of aryl methyl sites for hydroxylation is 1. The first kappa shape index (κ1) is 14.0.